The maximum absolute atomic E-state index is 6.88. The summed E-state index contributed by atoms with van der Waals surface area (Å²) in [6.07, 6.45) is 0. The molecule has 4 heterocycles. The average Bonchev–Trinajstić information content (AvgIpc) is 4.24. The Balaban J connectivity index is 1.05. The SMILES string of the molecule is c1ccc2c(c1)-c1ccccc1C21c2cc3c(cc2-c2cc4c5ccc6ccccc6c5n(-c5cccc6c5oc5ccccc56)c4cc21)c1ccccc1n3-c1cccc2c1oc1ccccc12. The van der Waals surface area contributed by atoms with Crippen molar-refractivity contribution in [1.29, 1.82) is 0 Å². The van der Waals surface area contributed by atoms with Crippen molar-refractivity contribution in [2.45, 2.75) is 5.41 Å². The molecule has 4 nitrogen and oxygen atoms in total. The predicted octanol–water partition coefficient (Wildman–Crippen LogP) is 17.2. The molecule has 4 heteroatoms. The van der Waals surface area contributed by atoms with E-state index in [9.17, 15) is 0 Å². The smallest absolute Gasteiger partial charge is 0.159 e. The highest BCUT2D eigenvalue weighted by molar-refractivity contribution is 6.22. The fourth-order valence-electron chi connectivity index (χ4n) is 13.2. The van der Waals surface area contributed by atoms with Gasteiger partial charge in [0.05, 0.1) is 38.9 Å². The van der Waals surface area contributed by atoms with E-state index in [1.807, 2.05) is 0 Å². The second kappa shape index (κ2) is 12.6. The van der Waals surface area contributed by atoms with Gasteiger partial charge < -0.3 is 18.0 Å². The number of hydrogen-bond acceptors (Lipinski definition) is 2. The standard InChI is InChI=1S/C65H36N2O2/c1-2-16-38-37(15-1)31-32-44-50-34-48-47-33-49-41-19-5-10-26-55(41)66(56-27-13-22-45-42-20-6-11-29-60(42)68-63(45)56)58(49)35-53(47)65(51-24-8-3-17-39(51)40-18-4-9-25-52(40)65)54(48)36-59(50)67(62(38)44)57-28-14-23-46-43-21-7-12-30-61(43)69-64(46)57/h1-36H. The van der Waals surface area contributed by atoms with Gasteiger partial charge in [0.25, 0.3) is 0 Å². The maximum atomic E-state index is 6.88. The van der Waals surface area contributed by atoms with E-state index in [4.69, 9.17) is 8.83 Å². The van der Waals surface area contributed by atoms with Crippen LogP contribution in [0.3, 0.4) is 0 Å². The van der Waals surface area contributed by atoms with Gasteiger partial charge in [-0.3, -0.25) is 0 Å². The minimum atomic E-state index is -0.623. The lowest BCUT2D eigenvalue weighted by atomic mass is 9.70. The first-order valence-corrected chi connectivity index (χ1v) is 23.8. The molecular formula is C65H36N2O2. The van der Waals surface area contributed by atoms with Crippen molar-refractivity contribution in [2.75, 3.05) is 0 Å². The van der Waals surface area contributed by atoms with Gasteiger partial charge in [-0.2, -0.15) is 0 Å². The Kier molecular flexibility index (Phi) is 6.61. The van der Waals surface area contributed by atoms with Gasteiger partial charge in [-0.15, -0.1) is 0 Å². The molecule has 69 heavy (non-hydrogen) atoms. The number of fused-ring (bicyclic) bond motifs is 24. The Bertz CT molecular complexity index is 4760. The van der Waals surface area contributed by atoms with E-state index in [2.05, 4.69) is 228 Å². The summed E-state index contributed by atoms with van der Waals surface area (Å²) in [6, 6.07) is 80.7. The number of nitrogens with zero attached hydrogens (tertiary/aromatic N) is 2. The van der Waals surface area contributed by atoms with Gasteiger partial charge >= 0.3 is 0 Å². The fourth-order valence-corrected chi connectivity index (χ4v) is 13.2. The zero-order valence-corrected chi connectivity index (χ0v) is 37.0. The van der Waals surface area contributed by atoms with Crippen LogP contribution >= 0.6 is 0 Å². The minimum absolute atomic E-state index is 0.623. The molecule has 0 radical (unpaired) electrons. The van der Waals surface area contributed by atoms with Gasteiger partial charge in [0.2, 0.25) is 0 Å². The van der Waals surface area contributed by atoms with E-state index in [-0.39, 0.29) is 0 Å². The van der Waals surface area contributed by atoms with E-state index in [0.717, 1.165) is 71.8 Å². The zero-order chi connectivity index (χ0) is 44.7. The molecule has 4 aromatic heterocycles. The van der Waals surface area contributed by atoms with Crippen molar-refractivity contribution in [3.63, 3.8) is 0 Å². The summed E-state index contributed by atoms with van der Waals surface area (Å²) in [7, 11) is 0. The topological polar surface area (TPSA) is 36.1 Å². The van der Waals surface area contributed by atoms with E-state index < -0.39 is 5.41 Å². The second-order valence-corrected chi connectivity index (χ2v) is 19.0. The van der Waals surface area contributed by atoms with Crippen molar-refractivity contribution >= 4 is 98.3 Å². The number of rotatable bonds is 2. The summed E-state index contributed by atoms with van der Waals surface area (Å²) in [5.41, 5.74) is 19.9. The summed E-state index contributed by atoms with van der Waals surface area (Å²) in [5, 5.41) is 11.7. The Hall–Kier alpha value is -9.12. The Labute approximate surface area is 394 Å². The predicted molar refractivity (Wildman–Crippen MR) is 283 cm³/mol. The quantitative estimate of drug-likeness (QED) is 0.173. The molecule has 0 saturated carbocycles. The number of benzene rings is 11. The molecule has 0 aliphatic heterocycles. The Morgan fingerprint density at radius 1 is 0.290 bits per heavy atom. The van der Waals surface area contributed by atoms with Crippen LogP contribution in [0.5, 0.6) is 0 Å². The molecule has 0 atom stereocenters. The highest BCUT2D eigenvalue weighted by Gasteiger charge is 2.52. The van der Waals surface area contributed by atoms with Crippen molar-refractivity contribution in [1.82, 2.24) is 9.13 Å². The Morgan fingerprint density at radius 2 is 0.783 bits per heavy atom. The van der Waals surface area contributed by atoms with E-state index in [1.54, 1.807) is 0 Å². The second-order valence-electron chi connectivity index (χ2n) is 19.0. The summed E-state index contributed by atoms with van der Waals surface area (Å²) < 4.78 is 18.6. The molecule has 2 aliphatic carbocycles. The summed E-state index contributed by atoms with van der Waals surface area (Å²) in [6.45, 7) is 0. The molecule has 0 amide bonds. The molecule has 0 N–H and O–H groups in total. The number of furan rings is 2. The molecule has 0 saturated heterocycles. The van der Waals surface area contributed by atoms with Crippen LogP contribution < -0.4 is 0 Å². The van der Waals surface area contributed by atoms with Crippen molar-refractivity contribution in [2.24, 2.45) is 0 Å². The third-order valence-electron chi connectivity index (χ3n) is 15.9. The lowest BCUT2D eigenvalue weighted by Crippen LogP contribution is -2.26. The molecule has 17 rings (SSSR count). The first kappa shape index (κ1) is 36.1. The van der Waals surface area contributed by atoms with Crippen molar-refractivity contribution in [3.05, 3.63) is 241 Å². The number of aromatic nitrogens is 2. The lowest BCUT2D eigenvalue weighted by molar-refractivity contribution is 0.666. The van der Waals surface area contributed by atoms with Gasteiger partial charge in [0.1, 0.15) is 11.2 Å². The molecule has 0 fully saturated rings. The van der Waals surface area contributed by atoms with Crippen LogP contribution in [0.2, 0.25) is 0 Å². The van der Waals surface area contributed by atoms with Crippen molar-refractivity contribution < 1.29 is 8.83 Å². The van der Waals surface area contributed by atoms with Gasteiger partial charge in [0, 0.05) is 48.5 Å². The third kappa shape index (κ3) is 4.32. The highest BCUT2D eigenvalue weighted by Crippen LogP contribution is 2.64. The summed E-state index contributed by atoms with van der Waals surface area (Å²) >= 11 is 0. The maximum Gasteiger partial charge on any atom is 0.159 e. The number of hydrogen-bond donors (Lipinski definition) is 0. The monoisotopic (exact) mass is 876 g/mol. The normalized spacial score (nSPS) is 13.6. The van der Waals surface area contributed by atoms with Crippen LogP contribution in [-0.4, -0.2) is 9.13 Å². The largest absolute Gasteiger partial charge is 0.454 e. The van der Waals surface area contributed by atoms with Crippen LogP contribution in [0.25, 0.3) is 132 Å². The van der Waals surface area contributed by atoms with Crippen LogP contribution in [0, 0.1) is 0 Å². The van der Waals surface area contributed by atoms with Crippen LogP contribution in [-0.2, 0) is 5.41 Å². The first-order chi connectivity index (χ1) is 34.2. The molecule has 1 spiro atoms. The highest BCUT2D eigenvalue weighted by atomic mass is 16.3. The van der Waals surface area contributed by atoms with Gasteiger partial charge in [-0.05, 0) is 104 Å². The molecule has 318 valence electrons. The average molecular weight is 877 g/mol. The number of para-hydroxylation sites is 5. The lowest BCUT2D eigenvalue weighted by Gasteiger charge is -2.30. The molecule has 15 aromatic rings. The Morgan fingerprint density at radius 3 is 1.43 bits per heavy atom. The minimum Gasteiger partial charge on any atom is -0.454 e. The summed E-state index contributed by atoms with van der Waals surface area (Å²) in [5.74, 6) is 0. The zero-order valence-electron chi connectivity index (χ0n) is 37.0. The van der Waals surface area contributed by atoms with E-state index >= 15 is 0 Å². The molecule has 0 bridgehead atoms. The van der Waals surface area contributed by atoms with Crippen LogP contribution in [0.4, 0.5) is 0 Å². The van der Waals surface area contributed by atoms with Crippen LogP contribution in [0.15, 0.2) is 227 Å². The van der Waals surface area contributed by atoms with Gasteiger partial charge in [-0.1, -0.05) is 164 Å². The first-order valence-electron chi connectivity index (χ1n) is 23.8. The van der Waals surface area contributed by atoms with Gasteiger partial charge in [-0.25, -0.2) is 0 Å². The van der Waals surface area contributed by atoms with E-state index in [0.29, 0.717) is 0 Å². The summed E-state index contributed by atoms with van der Waals surface area (Å²) in [4.78, 5) is 0. The van der Waals surface area contributed by atoms with Gasteiger partial charge in [0.15, 0.2) is 11.2 Å². The van der Waals surface area contributed by atoms with Crippen molar-refractivity contribution in [3.8, 4) is 33.6 Å². The molecule has 0 unspecified atom stereocenters. The van der Waals surface area contributed by atoms with Crippen LogP contribution in [0.1, 0.15) is 22.3 Å². The van der Waals surface area contributed by atoms with E-state index in [1.165, 1.54) is 82.3 Å². The molecule has 11 aromatic carbocycles. The molecule has 2 aliphatic rings. The third-order valence-corrected chi connectivity index (χ3v) is 15.9. The fraction of sp³-hybridized carbons (Fsp3) is 0.0154. The molecular weight excluding hydrogens is 841 g/mol.